The Morgan fingerprint density at radius 3 is 2.61 bits per heavy atom. The predicted octanol–water partition coefficient (Wildman–Crippen LogP) is 4.05. The standard InChI is InChI=1S/C15H18F2O/c16-14-8-4-7-12(15(14)17)10-13(18)9-11-5-2-1-3-6-11/h4,7-8,11H,1-3,5-6,9-10H2. The summed E-state index contributed by atoms with van der Waals surface area (Å²) in [4.78, 5) is 11.9. The van der Waals surface area contributed by atoms with Crippen LogP contribution in [0.4, 0.5) is 8.78 Å². The van der Waals surface area contributed by atoms with Gasteiger partial charge in [-0.25, -0.2) is 8.78 Å². The summed E-state index contributed by atoms with van der Waals surface area (Å²) in [5.74, 6) is -1.29. The fourth-order valence-corrected chi connectivity index (χ4v) is 2.68. The minimum absolute atomic E-state index is 0.0140. The highest BCUT2D eigenvalue weighted by molar-refractivity contribution is 5.81. The van der Waals surface area contributed by atoms with Gasteiger partial charge in [-0.1, -0.05) is 44.2 Å². The second-order valence-electron chi connectivity index (χ2n) is 5.14. The predicted molar refractivity (Wildman–Crippen MR) is 66.3 cm³/mol. The number of hydrogen-bond donors (Lipinski definition) is 0. The zero-order valence-electron chi connectivity index (χ0n) is 10.4. The van der Waals surface area contributed by atoms with Crippen molar-refractivity contribution < 1.29 is 13.6 Å². The molecule has 1 fully saturated rings. The van der Waals surface area contributed by atoms with Crippen molar-refractivity contribution in [3.05, 3.63) is 35.4 Å². The third kappa shape index (κ3) is 3.37. The van der Waals surface area contributed by atoms with Gasteiger partial charge in [0.05, 0.1) is 0 Å². The molecule has 3 heteroatoms. The van der Waals surface area contributed by atoms with Gasteiger partial charge < -0.3 is 0 Å². The van der Waals surface area contributed by atoms with E-state index >= 15 is 0 Å². The van der Waals surface area contributed by atoms with Crippen LogP contribution in [0.2, 0.25) is 0 Å². The van der Waals surface area contributed by atoms with E-state index in [1.807, 2.05) is 0 Å². The average Bonchev–Trinajstić information content (AvgIpc) is 2.36. The van der Waals surface area contributed by atoms with Crippen LogP contribution in [0.25, 0.3) is 0 Å². The second kappa shape index (κ2) is 6.07. The number of rotatable bonds is 4. The first-order chi connectivity index (χ1) is 8.66. The van der Waals surface area contributed by atoms with Crippen LogP contribution in [0.3, 0.4) is 0 Å². The number of carbonyl (C=O) groups excluding carboxylic acids is 1. The molecule has 1 saturated carbocycles. The third-order valence-corrected chi connectivity index (χ3v) is 3.66. The van der Waals surface area contributed by atoms with E-state index in [0.29, 0.717) is 12.3 Å². The molecule has 0 saturated heterocycles. The van der Waals surface area contributed by atoms with E-state index in [0.717, 1.165) is 18.9 Å². The molecule has 1 aromatic carbocycles. The second-order valence-corrected chi connectivity index (χ2v) is 5.14. The molecule has 1 aliphatic carbocycles. The average molecular weight is 252 g/mol. The van der Waals surface area contributed by atoms with Crippen molar-refractivity contribution in [2.24, 2.45) is 5.92 Å². The molecule has 0 aromatic heterocycles. The van der Waals surface area contributed by atoms with Gasteiger partial charge in [0.15, 0.2) is 11.6 Å². The molecule has 1 aromatic rings. The molecule has 18 heavy (non-hydrogen) atoms. The monoisotopic (exact) mass is 252 g/mol. The van der Waals surface area contributed by atoms with E-state index in [9.17, 15) is 13.6 Å². The molecule has 0 radical (unpaired) electrons. The van der Waals surface area contributed by atoms with Gasteiger partial charge in [0.2, 0.25) is 0 Å². The summed E-state index contributed by atoms with van der Waals surface area (Å²) in [7, 11) is 0. The van der Waals surface area contributed by atoms with Crippen molar-refractivity contribution in [2.45, 2.75) is 44.9 Å². The molecular weight excluding hydrogens is 234 g/mol. The maximum absolute atomic E-state index is 13.4. The minimum Gasteiger partial charge on any atom is -0.299 e. The van der Waals surface area contributed by atoms with Crippen LogP contribution < -0.4 is 0 Å². The van der Waals surface area contributed by atoms with Gasteiger partial charge in [-0.15, -0.1) is 0 Å². The molecule has 98 valence electrons. The molecule has 0 spiro atoms. The Hall–Kier alpha value is -1.25. The van der Waals surface area contributed by atoms with E-state index in [4.69, 9.17) is 0 Å². The first-order valence-corrected chi connectivity index (χ1v) is 6.61. The van der Waals surface area contributed by atoms with E-state index in [2.05, 4.69) is 0 Å². The van der Waals surface area contributed by atoms with Crippen molar-refractivity contribution in [2.75, 3.05) is 0 Å². The molecule has 0 N–H and O–H groups in total. The number of Topliss-reactive ketones (excluding diaryl/α,β-unsaturated/α-hetero) is 1. The number of benzene rings is 1. The largest absolute Gasteiger partial charge is 0.299 e. The first kappa shape index (κ1) is 13.2. The molecular formula is C15H18F2O. The van der Waals surface area contributed by atoms with Gasteiger partial charge in [-0.2, -0.15) is 0 Å². The molecule has 0 atom stereocenters. The van der Waals surface area contributed by atoms with Crippen molar-refractivity contribution in [1.29, 1.82) is 0 Å². The zero-order valence-corrected chi connectivity index (χ0v) is 10.4. The van der Waals surface area contributed by atoms with E-state index < -0.39 is 11.6 Å². The van der Waals surface area contributed by atoms with Crippen LogP contribution in [0.1, 0.15) is 44.1 Å². The maximum Gasteiger partial charge on any atom is 0.162 e. The molecule has 0 aliphatic heterocycles. The van der Waals surface area contributed by atoms with Gasteiger partial charge in [0.25, 0.3) is 0 Å². The molecule has 1 aliphatic rings. The Balaban J connectivity index is 1.92. The Morgan fingerprint density at radius 2 is 1.89 bits per heavy atom. The Kier molecular flexibility index (Phi) is 4.45. The molecule has 0 amide bonds. The summed E-state index contributed by atoms with van der Waals surface area (Å²) < 4.78 is 26.4. The molecule has 0 heterocycles. The van der Waals surface area contributed by atoms with Gasteiger partial charge in [0, 0.05) is 12.8 Å². The molecule has 0 bridgehead atoms. The summed E-state index contributed by atoms with van der Waals surface area (Å²) in [5.41, 5.74) is 0.177. The van der Waals surface area contributed by atoms with E-state index in [1.165, 1.54) is 31.4 Å². The normalized spacial score (nSPS) is 16.8. The smallest absolute Gasteiger partial charge is 0.162 e. The fourth-order valence-electron chi connectivity index (χ4n) is 2.68. The van der Waals surface area contributed by atoms with Crippen LogP contribution in [0.5, 0.6) is 0 Å². The Bertz CT molecular complexity index is 423. The van der Waals surface area contributed by atoms with Crippen LogP contribution in [-0.4, -0.2) is 5.78 Å². The summed E-state index contributed by atoms with van der Waals surface area (Å²) >= 11 is 0. The number of carbonyl (C=O) groups is 1. The number of ketones is 1. The van der Waals surface area contributed by atoms with Gasteiger partial charge >= 0.3 is 0 Å². The summed E-state index contributed by atoms with van der Waals surface area (Å²) in [5, 5.41) is 0. The first-order valence-electron chi connectivity index (χ1n) is 6.61. The number of halogens is 2. The van der Waals surface area contributed by atoms with Crippen LogP contribution in [0.15, 0.2) is 18.2 Å². The number of hydrogen-bond acceptors (Lipinski definition) is 1. The lowest BCUT2D eigenvalue weighted by molar-refractivity contribution is -0.119. The SMILES string of the molecule is O=C(Cc1cccc(F)c1F)CC1CCCCC1. The van der Waals surface area contributed by atoms with E-state index in [1.54, 1.807) is 0 Å². The zero-order chi connectivity index (χ0) is 13.0. The molecule has 1 nitrogen and oxygen atoms in total. The lowest BCUT2D eigenvalue weighted by Crippen LogP contribution is -2.14. The van der Waals surface area contributed by atoms with Gasteiger partial charge in [-0.05, 0) is 17.5 Å². The summed E-state index contributed by atoms with van der Waals surface area (Å²) in [6, 6.07) is 4.00. The lowest BCUT2D eigenvalue weighted by atomic mass is 9.85. The van der Waals surface area contributed by atoms with Gasteiger partial charge in [-0.3, -0.25) is 4.79 Å². The van der Waals surface area contributed by atoms with Crippen LogP contribution in [-0.2, 0) is 11.2 Å². The van der Waals surface area contributed by atoms with Crippen LogP contribution in [0, 0.1) is 17.6 Å². The highest BCUT2D eigenvalue weighted by Gasteiger charge is 2.18. The maximum atomic E-state index is 13.4. The lowest BCUT2D eigenvalue weighted by Gasteiger charge is -2.20. The summed E-state index contributed by atoms with van der Waals surface area (Å²) in [6.45, 7) is 0. The fraction of sp³-hybridized carbons (Fsp3) is 0.533. The quantitative estimate of drug-likeness (QED) is 0.790. The van der Waals surface area contributed by atoms with Crippen molar-refractivity contribution >= 4 is 5.78 Å². The highest BCUT2D eigenvalue weighted by Crippen LogP contribution is 2.27. The Morgan fingerprint density at radius 1 is 1.17 bits per heavy atom. The van der Waals surface area contributed by atoms with Crippen molar-refractivity contribution in [1.82, 2.24) is 0 Å². The minimum atomic E-state index is -0.880. The summed E-state index contributed by atoms with van der Waals surface area (Å²) in [6.07, 6.45) is 6.34. The van der Waals surface area contributed by atoms with Crippen molar-refractivity contribution in [3.8, 4) is 0 Å². The topological polar surface area (TPSA) is 17.1 Å². The molecule has 0 unspecified atom stereocenters. The molecule has 2 rings (SSSR count). The highest BCUT2D eigenvalue weighted by atomic mass is 19.2. The Labute approximate surface area is 106 Å². The van der Waals surface area contributed by atoms with E-state index in [-0.39, 0.29) is 17.8 Å². The van der Waals surface area contributed by atoms with Gasteiger partial charge in [0.1, 0.15) is 5.78 Å². The van der Waals surface area contributed by atoms with Crippen molar-refractivity contribution in [3.63, 3.8) is 0 Å². The van der Waals surface area contributed by atoms with Crippen LogP contribution >= 0.6 is 0 Å². The third-order valence-electron chi connectivity index (χ3n) is 3.66.